The van der Waals surface area contributed by atoms with Gasteiger partial charge in [-0.25, -0.2) is 0 Å². The van der Waals surface area contributed by atoms with E-state index in [2.05, 4.69) is 46.7 Å². The largest absolute Gasteiger partial charge is 0.350 e. The number of aryl methyl sites for hydroxylation is 2. The molecule has 1 aliphatic heterocycles. The van der Waals surface area contributed by atoms with Crippen molar-refractivity contribution >= 4 is 11.8 Å². The molecule has 0 saturated carbocycles. The molecule has 0 bridgehead atoms. The number of likely N-dealkylation sites (tertiary alicyclic amines) is 1. The highest BCUT2D eigenvalue weighted by molar-refractivity contribution is 5.96. The van der Waals surface area contributed by atoms with Gasteiger partial charge in [-0.05, 0) is 69.0 Å². The van der Waals surface area contributed by atoms with Crippen molar-refractivity contribution in [2.24, 2.45) is 5.92 Å². The van der Waals surface area contributed by atoms with E-state index >= 15 is 0 Å². The van der Waals surface area contributed by atoms with Crippen molar-refractivity contribution in [3.8, 4) is 0 Å². The van der Waals surface area contributed by atoms with Crippen LogP contribution in [0.2, 0.25) is 0 Å². The van der Waals surface area contributed by atoms with E-state index in [-0.39, 0.29) is 18.4 Å². The van der Waals surface area contributed by atoms with Crippen LogP contribution in [-0.2, 0) is 17.9 Å². The molecular formula is C25H33N3O2. The lowest BCUT2D eigenvalue weighted by atomic mass is 9.99. The Morgan fingerprint density at radius 3 is 2.17 bits per heavy atom. The molecule has 1 saturated heterocycles. The second-order valence-corrected chi connectivity index (χ2v) is 8.61. The van der Waals surface area contributed by atoms with Crippen molar-refractivity contribution in [3.05, 3.63) is 70.3 Å². The lowest BCUT2D eigenvalue weighted by molar-refractivity contribution is -0.120. The first kappa shape index (κ1) is 22.0. The number of carbonyl (C=O) groups is 2. The zero-order chi connectivity index (χ0) is 21.5. The summed E-state index contributed by atoms with van der Waals surface area (Å²) >= 11 is 0. The van der Waals surface area contributed by atoms with E-state index in [1.807, 2.05) is 32.0 Å². The number of rotatable bonds is 7. The summed E-state index contributed by atoms with van der Waals surface area (Å²) in [4.78, 5) is 26.9. The zero-order valence-corrected chi connectivity index (χ0v) is 18.3. The SMILES string of the molecule is Cc1cc(C)cc(C(=O)NCC(=O)NCc2ccc(CN3CCC(C)CC3)cc2)c1. The lowest BCUT2D eigenvalue weighted by Crippen LogP contribution is -2.36. The Kier molecular flexibility index (Phi) is 7.63. The van der Waals surface area contributed by atoms with E-state index in [1.54, 1.807) is 0 Å². The molecule has 5 nitrogen and oxygen atoms in total. The molecule has 0 atom stereocenters. The number of amides is 2. The van der Waals surface area contributed by atoms with E-state index in [9.17, 15) is 9.59 Å². The average molecular weight is 408 g/mol. The number of nitrogens with zero attached hydrogens (tertiary/aromatic N) is 1. The van der Waals surface area contributed by atoms with E-state index in [0.29, 0.717) is 12.1 Å². The monoisotopic (exact) mass is 407 g/mol. The number of nitrogens with one attached hydrogen (secondary N) is 2. The van der Waals surface area contributed by atoms with Crippen LogP contribution in [0.3, 0.4) is 0 Å². The van der Waals surface area contributed by atoms with Crippen LogP contribution < -0.4 is 10.6 Å². The fraction of sp³-hybridized carbons (Fsp3) is 0.440. The van der Waals surface area contributed by atoms with Crippen molar-refractivity contribution in [2.75, 3.05) is 19.6 Å². The molecule has 0 aliphatic carbocycles. The molecule has 160 valence electrons. The summed E-state index contributed by atoms with van der Waals surface area (Å²) in [6.45, 7) is 10.00. The molecule has 5 heteroatoms. The maximum absolute atomic E-state index is 12.3. The molecule has 2 aromatic carbocycles. The predicted molar refractivity (Wildman–Crippen MR) is 120 cm³/mol. The first-order valence-electron chi connectivity index (χ1n) is 10.8. The Balaban J connectivity index is 1.40. The highest BCUT2D eigenvalue weighted by Crippen LogP contribution is 2.18. The molecule has 3 rings (SSSR count). The molecule has 0 spiro atoms. The summed E-state index contributed by atoms with van der Waals surface area (Å²) in [7, 11) is 0. The molecule has 30 heavy (non-hydrogen) atoms. The molecule has 0 radical (unpaired) electrons. The Morgan fingerprint density at radius 2 is 1.53 bits per heavy atom. The summed E-state index contributed by atoms with van der Waals surface area (Å²) in [5.41, 5.74) is 5.00. The fourth-order valence-corrected chi connectivity index (χ4v) is 3.87. The third-order valence-electron chi connectivity index (χ3n) is 5.69. The second-order valence-electron chi connectivity index (χ2n) is 8.61. The number of carbonyl (C=O) groups excluding carboxylic acids is 2. The van der Waals surface area contributed by atoms with Gasteiger partial charge in [0.25, 0.3) is 5.91 Å². The van der Waals surface area contributed by atoms with Gasteiger partial charge in [0.2, 0.25) is 5.91 Å². The molecule has 1 aliphatic rings. The molecular weight excluding hydrogens is 374 g/mol. The highest BCUT2D eigenvalue weighted by atomic mass is 16.2. The van der Waals surface area contributed by atoms with Crippen LogP contribution in [-0.4, -0.2) is 36.3 Å². The maximum Gasteiger partial charge on any atom is 0.251 e. The van der Waals surface area contributed by atoms with Crippen molar-refractivity contribution in [2.45, 2.75) is 46.7 Å². The van der Waals surface area contributed by atoms with E-state index in [4.69, 9.17) is 0 Å². The van der Waals surface area contributed by atoms with E-state index in [1.165, 1.54) is 31.5 Å². The Morgan fingerprint density at radius 1 is 0.933 bits per heavy atom. The summed E-state index contributed by atoms with van der Waals surface area (Å²) in [6.07, 6.45) is 2.56. The molecule has 2 N–H and O–H groups in total. The summed E-state index contributed by atoms with van der Waals surface area (Å²) in [5.74, 6) is 0.422. The van der Waals surface area contributed by atoms with Gasteiger partial charge in [-0.3, -0.25) is 14.5 Å². The van der Waals surface area contributed by atoms with Gasteiger partial charge in [0, 0.05) is 18.7 Å². The summed E-state index contributed by atoms with van der Waals surface area (Å²) < 4.78 is 0. The minimum absolute atomic E-state index is 0.0305. The van der Waals surface area contributed by atoms with Gasteiger partial charge in [0.05, 0.1) is 6.54 Å². The van der Waals surface area contributed by atoms with Gasteiger partial charge >= 0.3 is 0 Å². The molecule has 0 aromatic heterocycles. The van der Waals surface area contributed by atoms with Crippen LogP contribution in [0.15, 0.2) is 42.5 Å². The van der Waals surface area contributed by atoms with Crippen LogP contribution in [0.1, 0.15) is 52.4 Å². The summed E-state index contributed by atoms with van der Waals surface area (Å²) in [5, 5.41) is 5.56. The van der Waals surface area contributed by atoms with Gasteiger partial charge in [0.15, 0.2) is 0 Å². The third kappa shape index (κ3) is 6.70. The van der Waals surface area contributed by atoms with E-state index in [0.717, 1.165) is 29.2 Å². The average Bonchev–Trinajstić information content (AvgIpc) is 2.72. The van der Waals surface area contributed by atoms with Crippen LogP contribution in [0.25, 0.3) is 0 Å². The van der Waals surface area contributed by atoms with E-state index < -0.39 is 0 Å². The predicted octanol–water partition coefficient (Wildman–Crippen LogP) is 3.58. The number of hydrogen-bond donors (Lipinski definition) is 2. The quantitative estimate of drug-likeness (QED) is 0.737. The lowest BCUT2D eigenvalue weighted by Gasteiger charge is -2.30. The zero-order valence-electron chi connectivity index (χ0n) is 18.3. The van der Waals surface area contributed by atoms with Gasteiger partial charge in [-0.2, -0.15) is 0 Å². The molecule has 1 heterocycles. The fourth-order valence-electron chi connectivity index (χ4n) is 3.87. The standard InChI is InChI=1S/C25H33N3O2/c1-18-8-10-28(11-9-18)17-22-6-4-21(5-7-22)15-26-24(29)16-27-25(30)23-13-19(2)12-20(3)14-23/h4-7,12-14,18H,8-11,15-17H2,1-3H3,(H,26,29)(H,27,30). The van der Waals surface area contributed by atoms with Crippen LogP contribution in [0, 0.1) is 19.8 Å². The smallest absolute Gasteiger partial charge is 0.251 e. The molecule has 2 amide bonds. The first-order chi connectivity index (χ1) is 14.4. The van der Waals surface area contributed by atoms with Crippen molar-refractivity contribution in [1.29, 1.82) is 0 Å². The highest BCUT2D eigenvalue weighted by Gasteiger charge is 2.15. The molecule has 1 fully saturated rings. The molecule has 2 aromatic rings. The first-order valence-corrected chi connectivity index (χ1v) is 10.8. The van der Waals surface area contributed by atoms with Crippen molar-refractivity contribution in [3.63, 3.8) is 0 Å². The van der Waals surface area contributed by atoms with Crippen LogP contribution >= 0.6 is 0 Å². The minimum atomic E-state index is -0.228. The van der Waals surface area contributed by atoms with Crippen LogP contribution in [0.5, 0.6) is 0 Å². The van der Waals surface area contributed by atoms with Gasteiger partial charge < -0.3 is 10.6 Å². The Labute approximate surface area is 179 Å². The second kappa shape index (κ2) is 10.4. The Hall–Kier alpha value is -2.66. The van der Waals surface area contributed by atoms with Gasteiger partial charge in [0.1, 0.15) is 0 Å². The third-order valence-corrected chi connectivity index (χ3v) is 5.69. The van der Waals surface area contributed by atoms with Gasteiger partial charge in [-0.1, -0.05) is 48.4 Å². The number of benzene rings is 2. The molecule has 0 unspecified atom stereocenters. The number of piperidine rings is 1. The van der Waals surface area contributed by atoms with Crippen molar-refractivity contribution < 1.29 is 9.59 Å². The van der Waals surface area contributed by atoms with Crippen LogP contribution in [0.4, 0.5) is 0 Å². The topological polar surface area (TPSA) is 61.4 Å². The minimum Gasteiger partial charge on any atom is -0.350 e. The van der Waals surface area contributed by atoms with Gasteiger partial charge in [-0.15, -0.1) is 0 Å². The normalized spacial score (nSPS) is 15.0. The maximum atomic E-state index is 12.3. The van der Waals surface area contributed by atoms with Crippen molar-refractivity contribution in [1.82, 2.24) is 15.5 Å². The Bertz CT molecular complexity index is 848. The number of hydrogen-bond acceptors (Lipinski definition) is 3. The summed E-state index contributed by atoms with van der Waals surface area (Å²) in [6, 6.07) is 14.1.